The zero-order valence-electron chi connectivity index (χ0n) is 42.4. The van der Waals surface area contributed by atoms with Crippen LogP contribution in [-0.2, 0) is 19.1 Å². The van der Waals surface area contributed by atoms with E-state index in [9.17, 15) is 19.2 Å². The van der Waals surface area contributed by atoms with Crippen molar-refractivity contribution in [3.8, 4) is 39.5 Å². The molecule has 6 aromatic rings. The molecule has 2 saturated heterocycles. The number of nitrogens with zero attached hydrogens (tertiary/aromatic N) is 5. The molecule has 0 radical (unpaired) electrons. The van der Waals surface area contributed by atoms with Crippen LogP contribution in [0.3, 0.4) is 0 Å². The number of aromatic amines is 2. The lowest BCUT2D eigenvalue weighted by molar-refractivity contribution is -0.136. The molecule has 0 bridgehead atoms. The van der Waals surface area contributed by atoms with E-state index >= 15 is 4.39 Å². The lowest BCUT2D eigenvalue weighted by atomic mass is 10.0. The van der Waals surface area contributed by atoms with Crippen molar-refractivity contribution in [2.45, 2.75) is 110 Å². The van der Waals surface area contributed by atoms with Crippen LogP contribution in [0.25, 0.3) is 44.7 Å². The van der Waals surface area contributed by atoms with Crippen molar-refractivity contribution < 1.29 is 37.8 Å². The summed E-state index contributed by atoms with van der Waals surface area (Å²) in [5.41, 5.74) is 5.80. The summed E-state index contributed by atoms with van der Waals surface area (Å²) in [6.07, 6.45) is 4.47. The summed E-state index contributed by atoms with van der Waals surface area (Å²) >= 11 is 1.69. The number of rotatable bonds is 12. The number of carbonyl (C=O) groups is 4. The lowest BCUT2D eigenvalue weighted by Gasteiger charge is -2.30. The predicted molar refractivity (Wildman–Crippen MR) is 302 cm³/mol. The smallest absolute Gasteiger partial charge is 0.407 e. The first-order valence-electron chi connectivity index (χ1n) is 23.7. The van der Waals surface area contributed by atoms with Crippen LogP contribution < -0.4 is 15.4 Å². The molecule has 22 heteroatoms. The van der Waals surface area contributed by atoms with Crippen LogP contribution in [0.5, 0.6) is 5.75 Å². The van der Waals surface area contributed by atoms with Gasteiger partial charge in [0.1, 0.15) is 35.3 Å². The minimum Gasteiger partial charge on any atom is -0.464 e. The van der Waals surface area contributed by atoms with E-state index in [1.54, 1.807) is 33.5 Å². The molecule has 9 rings (SSSR count). The second kappa shape index (κ2) is 23.9. The molecule has 0 spiro atoms. The Morgan fingerprint density at radius 1 is 0.753 bits per heavy atom. The van der Waals surface area contributed by atoms with Crippen molar-refractivity contribution >= 4 is 100 Å². The lowest BCUT2D eigenvalue weighted by Crippen LogP contribution is -2.51. The van der Waals surface area contributed by atoms with Gasteiger partial charge in [-0.15, -0.1) is 11.3 Å². The van der Waals surface area contributed by atoms with Gasteiger partial charge in [0.15, 0.2) is 0 Å². The maximum atomic E-state index is 17.0. The summed E-state index contributed by atoms with van der Waals surface area (Å²) in [6, 6.07) is 11.4. The molecule has 16 nitrogen and oxygen atoms in total. The van der Waals surface area contributed by atoms with Crippen LogP contribution in [-0.4, -0.2) is 97.7 Å². The van der Waals surface area contributed by atoms with Gasteiger partial charge in [-0.2, -0.15) is 54.0 Å². The third kappa shape index (κ3) is 11.2. The molecule has 0 saturated carbocycles. The maximum Gasteiger partial charge on any atom is 0.407 e. The molecule has 4 aromatic heterocycles. The van der Waals surface area contributed by atoms with E-state index in [4.69, 9.17) is 24.2 Å². The molecule has 3 aliphatic heterocycles. The van der Waals surface area contributed by atoms with Gasteiger partial charge in [0, 0.05) is 34.5 Å². The highest BCUT2D eigenvalue weighted by Gasteiger charge is 2.40. The van der Waals surface area contributed by atoms with Crippen molar-refractivity contribution in [3.63, 3.8) is 0 Å². The van der Waals surface area contributed by atoms with Gasteiger partial charge >= 0.3 is 12.2 Å². The Hall–Kier alpha value is -5.29. The van der Waals surface area contributed by atoms with Crippen molar-refractivity contribution in [1.29, 1.82) is 0 Å². The molecular weight excluding hydrogens is 1030 g/mol. The Morgan fingerprint density at radius 3 is 1.78 bits per heavy atom. The summed E-state index contributed by atoms with van der Waals surface area (Å²) in [7, 11) is 2.55. The van der Waals surface area contributed by atoms with Gasteiger partial charge in [0.25, 0.3) is 0 Å². The van der Waals surface area contributed by atoms with Crippen LogP contribution in [0.2, 0.25) is 0 Å². The number of hydrogen-bond acceptors (Lipinski definition) is 10. The minimum absolute atomic E-state index is 0. The molecule has 2 fully saturated rings. The largest absolute Gasteiger partial charge is 0.464 e. The Balaban J connectivity index is 0.00000247. The van der Waals surface area contributed by atoms with Gasteiger partial charge in [0.2, 0.25) is 18.0 Å². The molecule has 5 atom stereocenters. The number of likely N-dealkylation sites (tertiary alicyclic amines) is 2. The third-order valence-corrected chi connectivity index (χ3v) is 15.2. The van der Waals surface area contributed by atoms with E-state index in [1.165, 1.54) is 30.7 Å². The summed E-state index contributed by atoms with van der Waals surface area (Å²) in [4.78, 5) is 74.1. The summed E-state index contributed by atoms with van der Waals surface area (Å²) in [5, 5.41) is 6.28. The summed E-state index contributed by atoms with van der Waals surface area (Å²) < 4.78 is 35.6. The Bertz CT molecular complexity index is 2950. The molecule has 3 aliphatic rings. The quantitative estimate of drug-likeness (QED) is 0.0925. The molecule has 73 heavy (non-hydrogen) atoms. The highest BCUT2D eigenvalue weighted by molar-refractivity contribution is 7.59. The Morgan fingerprint density at radius 2 is 1.29 bits per heavy atom. The second-order valence-electron chi connectivity index (χ2n) is 19.3. The van der Waals surface area contributed by atoms with Gasteiger partial charge in [-0.05, 0) is 92.3 Å². The predicted octanol–water partition coefficient (Wildman–Crippen LogP) is 10.2. The number of benzene rings is 2. The SMILES string of the molecule is COC(=O)N[C@H](C(=O)N1CCC[C@H]1c1ncc(-c2cc(F)c3c(c2)OC(c2cc(C)c(C(C)C)s2)n2c-3cc3cc(-c4cnc([C@@H]5CCCN5C(=O)[C@@H](NC(=O)OC)C(C)C)[nH]4)ccc32)[nH]1)C(C)C.S.S.S.S. The van der Waals surface area contributed by atoms with E-state index in [-0.39, 0.29) is 89.7 Å². The minimum atomic E-state index is -0.772. The standard InChI is InChI=1S/C51H60FN9O7S.4H2S/c1-25(2)42(57-50(64)66-8)47(62)59-16-10-12-36(59)45-53-23-33(55-45)29-14-15-35-31(19-29)21-38-41-32(52)20-30(22-39(41)68-49(61(35)38)40-18-28(7)44(69-40)27(5)6)34-24-54-46(56-34)37-13-11-17-60(37)48(63)43(26(3)4)58-51(65)67-9;;;;/h14-15,18-27,36-37,42-43,49H,10-13,16-17H2,1-9H3,(H,53,55)(H,54,56)(H,57,64)(H,58,65);4*1H2/t36-,37-,42-,43-,49?;;;;/m0..../s1. The number of imidazole rings is 2. The van der Waals surface area contributed by atoms with Crippen molar-refractivity contribution in [1.82, 2.24) is 44.9 Å². The highest BCUT2D eigenvalue weighted by atomic mass is 32.1. The number of ether oxygens (including phenoxy) is 3. The van der Waals surface area contributed by atoms with E-state index < -0.39 is 36.3 Å². The molecule has 0 aliphatic carbocycles. The molecule has 4 amide bonds. The zero-order chi connectivity index (χ0) is 49.0. The molecule has 7 heterocycles. The number of H-pyrrole nitrogens is 2. The first-order valence-corrected chi connectivity index (χ1v) is 24.5. The van der Waals surface area contributed by atoms with Crippen LogP contribution in [0.4, 0.5) is 14.0 Å². The molecular formula is C51H68FN9O7S5. The topological polar surface area (TPSA) is 189 Å². The number of carbonyl (C=O) groups excluding carboxylic acids is 4. The van der Waals surface area contributed by atoms with Gasteiger partial charge in [0.05, 0.1) is 71.7 Å². The number of aryl methyl sites for hydroxylation is 1. The monoisotopic (exact) mass is 1100 g/mol. The van der Waals surface area contributed by atoms with Crippen LogP contribution in [0, 0.1) is 24.6 Å². The summed E-state index contributed by atoms with van der Waals surface area (Å²) in [6.45, 7) is 15.0. The number of aromatic nitrogens is 5. The van der Waals surface area contributed by atoms with Gasteiger partial charge in [-0.25, -0.2) is 23.9 Å². The molecule has 1 unspecified atom stereocenters. The fourth-order valence-corrected chi connectivity index (χ4v) is 11.4. The number of methoxy groups -OCH3 is 2. The van der Waals surface area contributed by atoms with Gasteiger partial charge < -0.3 is 44.6 Å². The fraction of sp³-hybridized carbons (Fsp3) is 0.451. The third-order valence-electron chi connectivity index (χ3n) is 13.7. The summed E-state index contributed by atoms with van der Waals surface area (Å²) in [5.74, 6) is 0.736. The highest BCUT2D eigenvalue weighted by Crippen LogP contribution is 2.49. The Kier molecular flexibility index (Phi) is 19.2. The second-order valence-corrected chi connectivity index (χ2v) is 20.4. The first kappa shape index (κ1) is 58.6. The van der Waals surface area contributed by atoms with Crippen LogP contribution in [0.1, 0.15) is 118 Å². The van der Waals surface area contributed by atoms with Crippen LogP contribution in [0.15, 0.2) is 54.9 Å². The van der Waals surface area contributed by atoms with Crippen LogP contribution >= 0.6 is 65.3 Å². The number of amides is 4. The molecule has 2 aromatic carbocycles. The van der Waals surface area contributed by atoms with E-state index in [2.05, 4.69) is 58.1 Å². The number of alkyl carbamates (subject to hydrolysis) is 2. The van der Waals surface area contributed by atoms with E-state index in [1.807, 2.05) is 52.0 Å². The van der Waals surface area contributed by atoms with E-state index in [0.29, 0.717) is 65.3 Å². The Labute approximate surface area is 457 Å². The van der Waals surface area contributed by atoms with Gasteiger partial charge in [-0.1, -0.05) is 47.6 Å². The number of nitrogens with one attached hydrogen (secondary N) is 4. The van der Waals surface area contributed by atoms with E-state index in [0.717, 1.165) is 46.3 Å². The number of thiophene rings is 1. The molecule has 396 valence electrons. The number of halogens is 1. The normalized spacial score (nSPS) is 17.6. The number of fused-ring (bicyclic) bond motifs is 5. The maximum absolute atomic E-state index is 17.0. The number of hydrogen-bond donors (Lipinski definition) is 4. The molecule has 4 N–H and O–H groups in total. The van der Waals surface area contributed by atoms with Crippen molar-refractivity contribution in [2.75, 3.05) is 27.3 Å². The average Bonchev–Trinajstić information content (AvgIpc) is 4.19. The fourth-order valence-electron chi connectivity index (χ4n) is 10.2. The zero-order valence-corrected chi connectivity index (χ0v) is 47.3. The first-order chi connectivity index (χ1) is 33.1. The van der Waals surface area contributed by atoms with Gasteiger partial charge in [-0.3, -0.25) is 14.2 Å². The van der Waals surface area contributed by atoms with Crippen molar-refractivity contribution in [2.24, 2.45) is 11.8 Å². The van der Waals surface area contributed by atoms with Crippen molar-refractivity contribution in [3.05, 3.63) is 87.6 Å². The average molecular weight is 1100 g/mol.